The Hall–Kier alpha value is -2.05. The number of aliphatic hydroxyl groups excluding tert-OH is 1. The van der Waals surface area contributed by atoms with E-state index in [1.54, 1.807) is 12.1 Å². The molecule has 5 nitrogen and oxygen atoms in total. The largest absolute Gasteiger partial charge is 0.368 e. The van der Waals surface area contributed by atoms with Crippen molar-refractivity contribution in [2.75, 3.05) is 6.54 Å². The number of benzene rings is 2. The van der Waals surface area contributed by atoms with Crippen molar-refractivity contribution in [1.82, 2.24) is 9.88 Å². The van der Waals surface area contributed by atoms with Gasteiger partial charge in [0.05, 0.1) is 16.8 Å². The van der Waals surface area contributed by atoms with Gasteiger partial charge in [0, 0.05) is 34.1 Å². The van der Waals surface area contributed by atoms with Gasteiger partial charge in [0.2, 0.25) is 0 Å². The highest BCUT2D eigenvalue weighted by Crippen LogP contribution is 2.30. The second-order valence-electron chi connectivity index (χ2n) is 7.95. The van der Waals surface area contributed by atoms with Gasteiger partial charge >= 0.3 is 0 Å². The Kier molecular flexibility index (Phi) is 6.34. The molecule has 3 aromatic rings. The van der Waals surface area contributed by atoms with Crippen molar-refractivity contribution >= 4 is 40.0 Å². The van der Waals surface area contributed by atoms with Crippen molar-refractivity contribution in [3.05, 3.63) is 64.3 Å². The summed E-state index contributed by atoms with van der Waals surface area (Å²) >= 11 is 12.3. The number of amides is 1. The Morgan fingerprint density at radius 3 is 2.47 bits per heavy atom. The molecule has 2 aromatic carbocycles. The molecule has 1 heterocycles. The monoisotopic (exact) mass is 446 g/mol. The molecular weight excluding hydrogens is 423 g/mol. The molecule has 0 radical (unpaired) electrons. The summed E-state index contributed by atoms with van der Waals surface area (Å²) in [4.78, 5) is 13.0. The van der Waals surface area contributed by atoms with Crippen molar-refractivity contribution in [2.24, 2.45) is 11.8 Å². The van der Waals surface area contributed by atoms with Crippen LogP contribution in [-0.4, -0.2) is 33.5 Å². The Morgan fingerprint density at radius 1 is 1.03 bits per heavy atom. The average Bonchev–Trinajstić information content (AvgIpc) is 3.15. The maximum atomic E-state index is 13.0. The fourth-order valence-electron chi connectivity index (χ4n) is 4.25. The third kappa shape index (κ3) is 4.49. The normalized spacial score (nSPS) is 19.4. The van der Waals surface area contributed by atoms with E-state index >= 15 is 0 Å². The van der Waals surface area contributed by atoms with Crippen LogP contribution in [0.2, 0.25) is 10.0 Å². The van der Waals surface area contributed by atoms with Gasteiger partial charge in [-0.05, 0) is 74.1 Å². The summed E-state index contributed by atoms with van der Waals surface area (Å²) in [6, 6.07) is 12.9. The molecule has 1 amide bonds. The number of rotatable bonds is 5. The molecule has 0 aliphatic heterocycles. The van der Waals surface area contributed by atoms with Gasteiger partial charge in [0.25, 0.3) is 5.91 Å². The molecule has 0 atom stereocenters. The van der Waals surface area contributed by atoms with Crippen molar-refractivity contribution in [2.45, 2.75) is 32.0 Å². The molecule has 7 heteroatoms. The Labute approximate surface area is 185 Å². The zero-order valence-electron chi connectivity index (χ0n) is 16.4. The lowest BCUT2D eigenvalue weighted by Gasteiger charge is -2.29. The maximum absolute atomic E-state index is 13.0. The summed E-state index contributed by atoms with van der Waals surface area (Å²) in [6.07, 6.45) is 3.93. The highest BCUT2D eigenvalue weighted by Gasteiger charge is 2.26. The number of hydrogen-bond donors (Lipinski definition) is 3. The first-order valence-corrected chi connectivity index (χ1v) is 10.9. The van der Waals surface area contributed by atoms with Crippen LogP contribution >= 0.6 is 23.2 Å². The molecule has 1 aromatic heterocycles. The van der Waals surface area contributed by atoms with Crippen LogP contribution in [0.15, 0.2) is 48.7 Å². The standard InChI is InChI=1S/C23H24Cl2N2O3/c24-17-5-7-20-16(11-17)9-10-27(20)21-8-6-18(25)12-19(21)22(28)26-13-14-1-3-15(4-2-14)23(29)30/h5-12,14-15,23,29-30H,1-4,13H2,(H,26,28). The number of nitrogens with zero attached hydrogens (tertiary/aromatic N) is 1. The van der Waals surface area contributed by atoms with E-state index in [1.807, 2.05) is 41.1 Å². The highest BCUT2D eigenvalue weighted by atomic mass is 35.5. The molecule has 0 unspecified atom stereocenters. The maximum Gasteiger partial charge on any atom is 0.253 e. The number of aromatic nitrogens is 1. The molecular formula is C23H24Cl2N2O3. The SMILES string of the molecule is O=C(NCC1CCC(C(O)O)CC1)c1cc(Cl)ccc1-n1ccc2cc(Cl)ccc21. The Balaban J connectivity index is 1.53. The predicted molar refractivity (Wildman–Crippen MR) is 119 cm³/mol. The molecule has 1 aliphatic carbocycles. The van der Waals surface area contributed by atoms with E-state index in [0.29, 0.717) is 28.1 Å². The van der Waals surface area contributed by atoms with Crippen molar-refractivity contribution < 1.29 is 15.0 Å². The first-order chi connectivity index (χ1) is 14.4. The third-order valence-corrected chi connectivity index (χ3v) is 6.45. The summed E-state index contributed by atoms with van der Waals surface area (Å²) in [5, 5.41) is 23.9. The van der Waals surface area contributed by atoms with E-state index in [-0.39, 0.29) is 11.8 Å². The topological polar surface area (TPSA) is 74.5 Å². The molecule has 4 rings (SSSR count). The second kappa shape index (κ2) is 8.98. The van der Waals surface area contributed by atoms with E-state index in [2.05, 4.69) is 5.32 Å². The molecule has 1 saturated carbocycles. The van der Waals surface area contributed by atoms with Crippen LogP contribution in [0.5, 0.6) is 0 Å². The second-order valence-corrected chi connectivity index (χ2v) is 8.83. The van der Waals surface area contributed by atoms with E-state index < -0.39 is 6.29 Å². The molecule has 0 saturated heterocycles. The third-order valence-electron chi connectivity index (χ3n) is 5.98. The smallest absolute Gasteiger partial charge is 0.253 e. The molecule has 1 fully saturated rings. The first kappa shape index (κ1) is 21.2. The number of hydrogen-bond acceptors (Lipinski definition) is 3. The van der Waals surface area contributed by atoms with Gasteiger partial charge in [-0.2, -0.15) is 0 Å². The van der Waals surface area contributed by atoms with Crippen LogP contribution in [0, 0.1) is 11.8 Å². The van der Waals surface area contributed by atoms with Gasteiger partial charge in [-0.15, -0.1) is 0 Å². The molecule has 1 aliphatic rings. The van der Waals surface area contributed by atoms with Crippen LogP contribution in [0.1, 0.15) is 36.0 Å². The summed E-state index contributed by atoms with van der Waals surface area (Å²) in [6.45, 7) is 0.557. The van der Waals surface area contributed by atoms with E-state index in [0.717, 1.165) is 42.3 Å². The Bertz CT molecular complexity index is 1060. The minimum atomic E-state index is -1.25. The first-order valence-electron chi connectivity index (χ1n) is 10.1. The molecule has 30 heavy (non-hydrogen) atoms. The fraction of sp³-hybridized carbons (Fsp3) is 0.348. The lowest BCUT2D eigenvalue weighted by Crippen LogP contribution is -2.33. The molecule has 0 bridgehead atoms. The van der Waals surface area contributed by atoms with E-state index in [4.69, 9.17) is 23.2 Å². The summed E-state index contributed by atoms with van der Waals surface area (Å²) in [7, 11) is 0. The number of halogens is 2. The quantitative estimate of drug-likeness (QED) is 0.493. The van der Waals surface area contributed by atoms with Gasteiger partial charge in [-0.25, -0.2) is 0 Å². The van der Waals surface area contributed by atoms with Crippen LogP contribution < -0.4 is 5.32 Å². The van der Waals surface area contributed by atoms with E-state index in [1.165, 1.54) is 0 Å². The van der Waals surface area contributed by atoms with Gasteiger partial charge in [0.15, 0.2) is 6.29 Å². The summed E-state index contributed by atoms with van der Waals surface area (Å²) in [5.74, 6) is 0.0979. The number of carbonyl (C=O) groups is 1. The van der Waals surface area contributed by atoms with Crippen molar-refractivity contribution in [3.63, 3.8) is 0 Å². The lowest BCUT2D eigenvalue weighted by atomic mass is 9.81. The predicted octanol–water partition coefficient (Wildman–Crippen LogP) is 4.78. The molecule has 158 valence electrons. The van der Waals surface area contributed by atoms with Crippen LogP contribution in [0.25, 0.3) is 16.6 Å². The fourth-order valence-corrected chi connectivity index (χ4v) is 4.60. The van der Waals surface area contributed by atoms with Gasteiger partial charge in [-0.3, -0.25) is 4.79 Å². The van der Waals surface area contributed by atoms with Crippen LogP contribution in [0.4, 0.5) is 0 Å². The van der Waals surface area contributed by atoms with Gasteiger partial charge < -0.3 is 20.1 Å². The zero-order valence-corrected chi connectivity index (χ0v) is 17.9. The number of nitrogens with one attached hydrogen (secondary N) is 1. The summed E-state index contributed by atoms with van der Waals surface area (Å²) in [5.41, 5.74) is 2.22. The minimum absolute atomic E-state index is 0.0630. The van der Waals surface area contributed by atoms with Gasteiger partial charge in [0.1, 0.15) is 0 Å². The van der Waals surface area contributed by atoms with Crippen molar-refractivity contribution in [1.29, 1.82) is 0 Å². The minimum Gasteiger partial charge on any atom is -0.368 e. The zero-order chi connectivity index (χ0) is 21.3. The average molecular weight is 447 g/mol. The molecule has 3 N–H and O–H groups in total. The van der Waals surface area contributed by atoms with Crippen molar-refractivity contribution in [3.8, 4) is 5.69 Å². The Morgan fingerprint density at radius 2 is 1.73 bits per heavy atom. The lowest BCUT2D eigenvalue weighted by molar-refractivity contribution is -0.0956. The van der Waals surface area contributed by atoms with E-state index in [9.17, 15) is 15.0 Å². The van der Waals surface area contributed by atoms with Crippen LogP contribution in [0.3, 0.4) is 0 Å². The molecule has 0 spiro atoms. The highest BCUT2D eigenvalue weighted by molar-refractivity contribution is 6.31. The van der Waals surface area contributed by atoms with Crippen LogP contribution in [-0.2, 0) is 0 Å². The number of carbonyl (C=O) groups excluding carboxylic acids is 1. The number of aliphatic hydroxyl groups is 2. The number of fused-ring (bicyclic) bond motifs is 1. The van der Waals surface area contributed by atoms with Gasteiger partial charge in [-0.1, -0.05) is 23.2 Å². The summed E-state index contributed by atoms with van der Waals surface area (Å²) < 4.78 is 1.96.